The maximum Gasteiger partial charge on any atom is 0.214 e. The van der Waals surface area contributed by atoms with Crippen molar-refractivity contribution in [3.63, 3.8) is 0 Å². The zero-order valence-corrected chi connectivity index (χ0v) is 10.9. The van der Waals surface area contributed by atoms with E-state index in [1.165, 1.54) is 0 Å². The number of hydrogen-bond acceptors (Lipinski definition) is 4. The summed E-state index contributed by atoms with van der Waals surface area (Å²) < 4.78 is 10.5. The Morgan fingerprint density at radius 1 is 1.35 bits per heavy atom. The van der Waals surface area contributed by atoms with E-state index in [0.29, 0.717) is 12.0 Å². The fourth-order valence-electron chi connectivity index (χ4n) is 1.41. The first-order valence-corrected chi connectivity index (χ1v) is 6.08. The quantitative estimate of drug-likeness (QED) is 0.707. The monoisotopic (exact) mass is 238 g/mol. The van der Waals surface area contributed by atoms with Crippen LogP contribution >= 0.6 is 0 Å². The van der Waals surface area contributed by atoms with Crippen LogP contribution in [0.5, 0.6) is 5.88 Å². The van der Waals surface area contributed by atoms with Gasteiger partial charge in [0.25, 0.3) is 0 Å². The van der Waals surface area contributed by atoms with Crippen LogP contribution in [0.15, 0.2) is 18.3 Å². The maximum absolute atomic E-state index is 5.47. The molecular weight excluding hydrogens is 216 g/mol. The van der Waals surface area contributed by atoms with Crippen molar-refractivity contribution >= 4 is 5.69 Å². The van der Waals surface area contributed by atoms with E-state index < -0.39 is 0 Å². The fourth-order valence-corrected chi connectivity index (χ4v) is 1.41. The van der Waals surface area contributed by atoms with Crippen LogP contribution in [0, 0.1) is 0 Å². The topological polar surface area (TPSA) is 43.4 Å². The molecule has 4 heteroatoms. The second-order valence-electron chi connectivity index (χ2n) is 4.14. The number of methoxy groups -OCH3 is 1. The molecule has 0 bridgehead atoms. The van der Waals surface area contributed by atoms with Crippen molar-refractivity contribution in [2.45, 2.75) is 32.8 Å². The van der Waals surface area contributed by atoms with E-state index in [0.717, 1.165) is 31.7 Å². The van der Waals surface area contributed by atoms with Gasteiger partial charge in [-0.1, -0.05) is 0 Å². The molecule has 0 aliphatic heterocycles. The molecule has 0 radical (unpaired) electrons. The van der Waals surface area contributed by atoms with Crippen LogP contribution in [0.3, 0.4) is 0 Å². The molecule has 0 amide bonds. The first kappa shape index (κ1) is 13.8. The minimum absolute atomic E-state index is 0.326. The van der Waals surface area contributed by atoms with Gasteiger partial charge < -0.3 is 14.8 Å². The molecule has 96 valence electrons. The van der Waals surface area contributed by atoms with Gasteiger partial charge in [0.1, 0.15) is 0 Å². The number of nitrogens with zero attached hydrogens (tertiary/aromatic N) is 1. The van der Waals surface area contributed by atoms with E-state index in [9.17, 15) is 0 Å². The van der Waals surface area contributed by atoms with Gasteiger partial charge in [-0.2, -0.15) is 0 Å². The van der Waals surface area contributed by atoms with Crippen molar-refractivity contribution < 1.29 is 9.47 Å². The number of nitrogens with one attached hydrogen (secondary N) is 1. The predicted molar refractivity (Wildman–Crippen MR) is 69.6 cm³/mol. The largest absolute Gasteiger partial charge is 0.481 e. The standard InChI is InChI=1S/C13H22N2O2/c1-11(2)17-9-5-4-7-14-12-6-8-15-13(10-12)16-3/h6,8,10-11H,4-5,7,9H2,1-3H3,(H,14,15). The summed E-state index contributed by atoms with van der Waals surface area (Å²) in [5.74, 6) is 0.637. The molecule has 4 nitrogen and oxygen atoms in total. The summed E-state index contributed by atoms with van der Waals surface area (Å²) in [7, 11) is 1.62. The zero-order chi connectivity index (χ0) is 12.5. The predicted octanol–water partition coefficient (Wildman–Crippen LogP) is 2.71. The van der Waals surface area contributed by atoms with Gasteiger partial charge in [0.15, 0.2) is 0 Å². The van der Waals surface area contributed by atoms with E-state index in [4.69, 9.17) is 9.47 Å². The van der Waals surface area contributed by atoms with E-state index in [1.807, 2.05) is 12.1 Å². The van der Waals surface area contributed by atoms with Crippen molar-refractivity contribution in [1.82, 2.24) is 4.98 Å². The average Bonchev–Trinajstić information content (AvgIpc) is 2.33. The van der Waals surface area contributed by atoms with Gasteiger partial charge in [0.2, 0.25) is 5.88 Å². The summed E-state index contributed by atoms with van der Waals surface area (Å²) in [4.78, 5) is 4.05. The van der Waals surface area contributed by atoms with Crippen LogP contribution in [0.2, 0.25) is 0 Å². The van der Waals surface area contributed by atoms with Gasteiger partial charge in [0.05, 0.1) is 13.2 Å². The highest BCUT2D eigenvalue weighted by molar-refractivity contribution is 5.44. The smallest absolute Gasteiger partial charge is 0.214 e. The fraction of sp³-hybridized carbons (Fsp3) is 0.615. The van der Waals surface area contributed by atoms with Gasteiger partial charge in [0, 0.05) is 31.1 Å². The number of hydrogen-bond donors (Lipinski definition) is 1. The third kappa shape index (κ3) is 6.12. The van der Waals surface area contributed by atoms with Crippen molar-refractivity contribution in [2.24, 2.45) is 0 Å². The van der Waals surface area contributed by atoms with Crippen molar-refractivity contribution in [3.05, 3.63) is 18.3 Å². The van der Waals surface area contributed by atoms with Crippen molar-refractivity contribution in [1.29, 1.82) is 0 Å². The normalized spacial score (nSPS) is 10.6. The van der Waals surface area contributed by atoms with Gasteiger partial charge in [-0.15, -0.1) is 0 Å². The lowest BCUT2D eigenvalue weighted by Gasteiger charge is -2.09. The van der Waals surface area contributed by atoms with Crippen LogP contribution in [0.4, 0.5) is 5.69 Å². The number of rotatable bonds is 8. The Balaban J connectivity index is 2.13. The van der Waals surface area contributed by atoms with Gasteiger partial charge in [-0.25, -0.2) is 4.98 Å². The van der Waals surface area contributed by atoms with Crippen LogP contribution in [0.25, 0.3) is 0 Å². The van der Waals surface area contributed by atoms with Gasteiger partial charge in [-0.3, -0.25) is 0 Å². The van der Waals surface area contributed by atoms with Crippen molar-refractivity contribution in [2.75, 3.05) is 25.6 Å². The van der Waals surface area contributed by atoms with Gasteiger partial charge in [-0.05, 0) is 32.8 Å². The molecule has 1 aromatic rings. The molecule has 0 spiro atoms. The number of unbranched alkanes of at least 4 members (excludes halogenated alkanes) is 1. The highest BCUT2D eigenvalue weighted by Crippen LogP contribution is 2.13. The highest BCUT2D eigenvalue weighted by atomic mass is 16.5. The summed E-state index contributed by atoms with van der Waals surface area (Å²) in [6, 6.07) is 3.83. The molecule has 0 atom stereocenters. The summed E-state index contributed by atoms with van der Waals surface area (Å²) in [5.41, 5.74) is 1.04. The second kappa shape index (κ2) is 7.90. The zero-order valence-electron chi connectivity index (χ0n) is 10.9. The lowest BCUT2D eigenvalue weighted by molar-refractivity contribution is 0.0765. The molecule has 1 rings (SSSR count). The molecule has 0 aliphatic rings. The highest BCUT2D eigenvalue weighted by Gasteiger charge is 1.96. The number of pyridine rings is 1. The maximum atomic E-state index is 5.47. The Bertz CT molecular complexity index is 316. The molecule has 0 unspecified atom stereocenters. The molecule has 0 aliphatic carbocycles. The summed E-state index contributed by atoms with van der Waals surface area (Å²) >= 11 is 0. The first-order chi connectivity index (χ1) is 8.22. The number of ether oxygens (including phenoxy) is 2. The minimum atomic E-state index is 0.326. The van der Waals surface area contributed by atoms with Crippen LogP contribution in [-0.2, 0) is 4.74 Å². The molecule has 1 aromatic heterocycles. The van der Waals surface area contributed by atoms with E-state index in [1.54, 1.807) is 13.3 Å². The Morgan fingerprint density at radius 3 is 2.88 bits per heavy atom. The Hall–Kier alpha value is -1.29. The SMILES string of the molecule is COc1cc(NCCCCOC(C)C)ccn1. The van der Waals surface area contributed by atoms with Gasteiger partial charge >= 0.3 is 0 Å². The van der Waals surface area contributed by atoms with E-state index in [-0.39, 0.29) is 0 Å². The molecule has 1 heterocycles. The van der Waals surface area contributed by atoms with E-state index >= 15 is 0 Å². The molecule has 1 N–H and O–H groups in total. The summed E-state index contributed by atoms with van der Waals surface area (Å²) in [5, 5.41) is 3.33. The third-order valence-corrected chi connectivity index (χ3v) is 2.30. The molecule has 17 heavy (non-hydrogen) atoms. The molecular formula is C13H22N2O2. The Labute approximate surface area is 103 Å². The lowest BCUT2D eigenvalue weighted by Crippen LogP contribution is -2.07. The average molecular weight is 238 g/mol. The second-order valence-corrected chi connectivity index (χ2v) is 4.14. The molecule has 0 aromatic carbocycles. The first-order valence-electron chi connectivity index (χ1n) is 6.08. The van der Waals surface area contributed by atoms with Crippen LogP contribution < -0.4 is 10.1 Å². The third-order valence-electron chi connectivity index (χ3n) is 2.30. The number of anilines is 1. The number of aromatic nitrogens is 1. The Morgan fingerprint density at radius 2 is 2.18 bits per heavy atom. The van der Waals surface area contributed by atoms with E-state index in [2.05, 4.69) is 24.1 Å². The molecule has 0 saturated carbocycles. The lowest BCUT2D eigenvalue weighted by atomic mass is 10.3. The van der Waals surface area contributed by atoms with Crippen LogP contribution in [0.1, 0.15) is 26.7 Å². The Kier molecular flexibility index (Phi) is 6.40. The summed E-state index contributed by atoms with van der Waals surface area (Å²) in [6.07, 6.45) is 4.24. The van der Waals surface area contributed by atoms with Crippen LogP contribution in [-0.4, -0.2) is 31.3 Å². The molecule has 0 saturated heterocycles. The minimum Gasteiger partial charge on any atom is -0.481 e. The summed E-state index contributed by atoms with van der Waals surface area (Å²) in [6.45, 7) is 5.89. The molecule has 0 fully saturated rings. The van der Waals surface area contributed by atoms with Crippen molar-refractivity contribution in [3.8, 4) is 5.88 Å².